The Kier molecular flexibility index (Phi) is 5.99. The molecule has 2 heterocycles. The van der Waals surface area contributed by atoms with Gasteiger partial charge in [0.2, 0.25) is 5.75 Å². The van der Waals surface area contributed by atoms with Crippen molar-refractivity contribution in [2.75, 3.05) is 0 Å². The minimum absolute atomic E-state index is 0.445. The van der Waals surface area contributed by atoms with E-state index in [1.165, 1.54) is 6.07 Å². The van der Waals surface area contributed by atoms with Crippen LogP contribution in [-0.4, -0.2) is 20.2 Å². The number of H-pyrrole nitrogens is 2. The van der Waals surface area contributed by atoms with Crippen molar-refractivity contribution in [3.05, 3.63) is 79.1 Å². The molecule has 0 aliphatic carbocycles. The van der Waals surface area contributed by atoms with Gasteiger partial charge < -0.3 is 9.72 Å². The first-order valence-electron chi connectivity index (χ1n) is 8.85. The fourth-order valence-corrected chi connectivity index (χ4v) is 2.65. The standard InChI is InChI=1S/C19H11F6N5O3/c1-18(21,22)11-5-9(16(31)30-29-11)6-12-27-15(19(23,24)25)14(17(32)28-12)33-10-4-2-3-8(7-26)13(10)20/h2-5H,6H2,1H3,(H,30,31)(H,27,28,32). The summed E-state index contributed by atoms with van der Waals surface area (Å²) in [6.07, 6.45) is -6.02. The number of benzene rings is 1. The van der Waals surface area contributed by atoms with Crippen LogP contribution in [0.3, 0.4) is 0 Å². The van der Waals surface area contributed by atoms with E-state index in [-0.39, 0.29) is 0 Å². The van der Waals surface area contributed by atoms with Crippen LogP contribution in [0.4, 0.5) is 26.3 Å². The third-order valence-corrected chi connectivity index (χ3v) is 4.18. The van der Waals surface area contributed by atoms with Crippen LogP contribution in [0.1, 0.15) is 35.3 Å². The summed E-state index contributed by atoms with van der Waals surface area (Å²) >= 11 is 0. The Morgan fingerprint density at radius 3 is 2.45 bits per heavy atom. The highest BCUT2D eigenvalue weighted by atomic mass is 19.4. The van der Waals surface area contributed by atoms with E-state index in [9.17, 15) is 35.9 Å². The van der Waals surface area contributed by atoms with Gasteiger partial charge in [0.15, 0.2) is 17.3 Å². The van der Waals surface area contributed by atoms with E-state index in [1.54, 1.807) is 5.10 Å². The smallest absolute Gasteiger partial charge is 0.437 e. The molecule has 0 radical (unpaired) electrons. The molecular weight excluding hydrogens is 460 g/mol. The molecule has 1 aromatic carbocycles. The third-order valence-electron chi connectivity index (χ3n) is 4.18. The molecule has 0 atom stereocenters. The minimum atomic E-state index is -5.26. The second-order valence-electron chi connectivity index (χ2n) is 6.69. The van der Waals surface area contributed by atoms with Crippen LogP contribution in [-0.2, 0) is 18.5 Å². The van der Waals surface area contributed by atoms with E-state index in [0.29, 0.717) is 13.0 Å². The zero-order valence-electron chi connectivity index (χ0n) is 16.4. The van der Waals surface area contributed by atoms with Crippen LogP contribution < -0.4 is 15.9 Å². The summed E-state index contributed by atoms with van der Waals surface area (Å²) in [5.74, 6) is -7.71. The maximum atomic E-state index is 14.2. The van der Waals surface area contributed by atoms with Crippen molar-refractivity contribution in [2.45, 2.75) is 25.4 Å². The van der Waals surface area contributed by atoms with Crippen LogP contribution in [0.25, 0.3) is 0 Å². The number of nitriles is 1. The Morgan fingerprint density at radius 1 is 1.15 bits per heavy atom. The van der Waals surface area contributed by atoms with E-state index in [1.807, 2.05) is 4.98 Å². The third kappa shape index (κ3) is 5.03. The molecule has 14 heteroatoms. The first kappa shape index (κ1) is 23.5. The minimum Gasteiger partial charge on any atom is -0.446 e. The summed E-state index contributed by atoms with van der Waals surface area (Å²) in [5, 5.41) is 13.8. The first-order chi connectivity index (χ1) is 15.3. The molecule has 0 amide bonds. The van der Waals surface area contributed by atoms with Crippen molar-refractivity contribution >= 4 is 0 Å². The molecule has 172 valence electrons. The average molecular weight is 471 g/mol. The van der Waals surface area contributed by atoms with Crippen LogP contribution >= 0.6 is 0 Å². The number of aromatic amines is 2. The van der Waals surface area contributed by atoms with Crippen LogP contribution in [0, 0.1) is 17.1 Å². The van der Waals surface area contributed by atoms with Gasteiger partial charge in [-0.15, -0.1) is 0 Å². The lowest BCUT2D eigenvalue weighted by molar-refractivity contribution is -0.142. The van der Waals surface area contributed by atoms with Crippen molar-refractivity contribution in [1.29, 1.82) is 5.26 Å². The molecular formula is C19H11F6N5O3. The van der Waals surface area contributed by atoms with Crippen LogP contribution in [0.2, 0.25) is 0 Å². The summed E-state index contributed by atoms with van der Waals surface area (Å²) in [6.45, 7) is 0.492. The van der Waals surface area contributed by atoms with Crippen molar-refractivity contribution in [1.82, 2.24) is 20.2 Å². The van der Waals surface area contributed by atoms with E-state index in [2.05, 4.69) is 10.1 Å². The maximum Gasteiger partial charge on any atom is 0.437 e. The highest BCUT2D eigenvalue weighted by Crippen LogP contribution is 2.35. The lowest BCUT2D eigenvalue weighted by Crippen LogP contribution is -2.24. The van der Waals surface area contributed by atoms with Crippen molar-refractivity contribution in [3.8, 4) is 17.6 Å². The normalized spacial score (nSPS) is 11.8. The molecule has 0 bridgehead atoms. The van der Waals surface area contributed by atoms with Gasteiger partial charge in [0, 0.05) is 18.9 Å². The molecule has 0 aliphatic heterocycles. The summed E-state index contributed by atoms with van der Waals surface area (Å²) in [6, 6.07) is 5.19. The van der Waals surface area contributed by atoms with Crippen molar-refractivity contribution in [2.24, 2.45) is 0 Å². The van der Waals surface area contributed by atoms with Gasteiger partial charge in [0.05, 0.1) is 5.56 Å². The van der Waals surface area contributed by atoms with Gasteiger partial charge in [0.25, 0.3) is 17.0 Å². The Bertz CT molecular complexity index is 1370. The number of ether oxygens (including phenoxy) is 1. The lowest BCUT2D eigenvalue weighted by atomic mass is 10.1. The zero-order valence-corrected chi connectivity index (χ0v) is 16.4. The number of rotatable bonds is 5. The van der Waals surface area contributed by atoms with Gasteiger partial charge >= 0.3 is 6.18 Å². The number of nitrogens with zero attached hydrogens (tertiary/aromatic N) is 3. The fourth-order valence-electron chi connectivity index (χ4n) is 2.65. The van der Waals surface area contributed by atoms with Gasteiger partial charge in [-0.25, -0.2) is 14.5 Å². The quantitative estimate of drug-likeness (QED) is 0.550. The number of aromatic nitrogens is 4. The summed E-state index contributed by atoms with van der Waals surface area (Å²) in [7, 11) is 0. The lowest BCUT2D eigenvalue weighted by Gasteiger charge is -2.14. The molecule has 2 aromatic heterocycles. The van der Waals surface area contributed by atoms with E-state index < -0.39 is 75.3 Å². The summed E-state index contributed by atoms with van der Waals surface area (Å²) in [4.78, 5) is 29.4. The molecule has 33 heavy (non-hydrogen) atoms. The molecule has 0 spiro atoms. The van der Waals surface area contributed by atoms with E-state index in [4.69, 9.17) is 10.00 Å². The highest BCUT2D eigenvalue weighted by Gasteiger charge is 2.39. The average Bonchev–Trinajstić information content (AvgIpc) is 2.71. The molecule has 3 aromatic rings. The summed E-state index contributed by atoms with van der Waals surface area (Å²) in [5.41, 5.74) is -6.17. The SMILES string of the molecule is CC(F)(F)c1cc(Cc2nc(C(F)(F)F)c(Oc3cccc(C#N)c3F)c(=O)[nH]2)c(=O)[nH]n1. The van der Waals surface area contributed by atoms with Crippen LogP contribution in [0.5, 0.6) is 11.5 Å². The number of halogens is 6. The second kappa shape index (κ2) is 8.41. The van der Waals surface area contributed by atoms with E-state index in [0.717, 1.165) is 18.2 Å². The van der Waals surface area contributed by atoms with Gasteiger partial charge in [-0.3, -0.25) is 9.59 Å². The monoisotopic (exact) mass is 471 g/mol. The Morgan fingerprint density at radius 2 is 1.85 bits per heavy atom. The zero-order chi connectivity index (χ0) is 24.6. The Balaban J connectivity index is 2.09. The van der Waals surface area contributed by atoms with Gasteiger partial charge in [-0.1, -0.05) is 6.07 Å². The predicted octanol–water partition coefficient (Wildman–Crippen LogP) is 3.38. The topological polar surface area (TPSA) is 125 Å². The van der Waals surface area contributed by atoms with Crippen molar-refractivity contribution in [3.63, 3.8) is 0 Å². The van der Waals surface area contributed by atoms with Gasteiger partial charge in [-0.2, -0.15) is 32.3 Å². The first-order valence-corrected chi connectivity index (χ1v) is 8.85. The van der Waals surface area contributed by atoms with E-state index >= 15 is 0 Å². The van der Waals surface area contributed by atoms with Crippen molar-refractivity contribution < 1.29 is 31.1 Å². The van der Waals surface area contributed by atoms with Gasteiger partial charge in [-0.05, 0) is 18.2 Å². The number of hydrogen-bond acceptors (Lipinski definition) is 6. The molecule has 2 N–H and O–H groups in total. The Labute approximate surface area is 179 Å². The largest absolute Gasteiger partial charge is 0.446 e. The molecule has 0 unspecified atom stereocenters. The number of nitrogens with one attached hydrogen (secondary N) is 2. The Hall–Kier alpha value is -4.15. The molecule has 0 fully saturated rings. The summed E-state index contributed by atoms with van der Waals surface area (Å²) < 4.78 is 86.7. The molecule has 0 aliphatic rings. The molecule has 8 nitrogen and oxygen atoms in total. The maximum absolute atomic E-state index is 14.2. The second-order valence-corrected chi connectivity index (χ2v) is 6.69. The molecule has 0 saturated heterocycles. The number of hydrogen-bond donors (Lipinski definition) is 2. The highest BCUT2D eigenvalue weighted by molar-refractivity contribution is 5.42. The van der Waals surface area contributed by atoms with Gasteiger partial charge in [0.1, 0.15) is 17.6 Å². The molecule has 0 saturated carbocycles. The molecule has 3 rings (SSSR count). The number of alkyl halides is 5. The van der Waals surface area contributed by atoms with Crippen LogP contribution in [0.15, 0.2) is 33.9 Å². The predicted molar refractivity (Wildman–Crippen MR) is 98.3 cm³/mol. The fraction of sp³-hybridized carbons (Fsp3) is 0.211.